The summed E-state index contributed by atoms with van der Waals surface area (Å²) in [7, 11) is 3.55. The molecule has 3 aromatic heterocycles. The van der Waals surface area contributed by atoms with Crippen molar-refractivity contribution in [2.45, 2.75) is 50.6 Å². The van der Waals surface area contributed by atoms with Gasteiger partial charge in [-0.15, -0.1) is 0 Å². The van der Waals surface area contributed by atoms with Gasteiger partial charge in [0, 0.05) is 63.4 Å². The Morgan fingerprint density at radius 1 is 1.06 bits per heavy atom. The standard InChI is InChI=1S/C24H29FN6O/c1-29-21-8-5-16(12-22(21)30(2)24(29)32)14-28-20-7-6-18(13-19(20)25)27-15-17-4-3-10-31-11-9-26-23(17)31/h3-5,8-12,18-20,27-28H,6-7,13-15H2,1-2H3/t18-,19-,20-/m0/s1. The zero-order chi connectivity index (χ0) is 22.2. The number of nitrogens with one attached hydrogen (secondary N) is 2. The third-order valence-corrected chi connectivity index (χ3v) is 6.76. The topological polar surface area (TPSA) is 68.3 Å². The summed E-state index contributed by atoms with van der Waals surface area (Å²) in [4.78, 5) is 16.5. The molecule has 7 nitrogen and oxygen atoms in total. The number of pyridine rings is 1. The second-order valence-electron chi connectivity index (χ2n) is 8.81. The van der Waals surface area contributed by atoms with E-state index in [9.17, 15) is 9.18 Å². The van der Waals surface area contributed by atoms with Crippen LogP contribution in [-0.4, -0.2) is 36.8 Å². The van der Waals surface area contributed by atoms with Crippen molar-refractivity contribution in [3.8, 4) is 0 Å². The summed E-state index contributed by atoms with van der Waals surface area (Å²) in [6, 6.07) is 10.1. The average Bonchev–Trinajstić information content (AvgIpc) is 3.37. The maximum Gasteiger partial charge on any atom is 0.328 e. The summed E-state index contributed by atoms with van der Waals surface area (Å²) in [5, 5.41) is 6.92. The fourth-order valence-electron chi connectivity index (χ4n) is 4.84. The lowest BCUT2D eigenvalue weighted by Gasteiger charge is -2.33. The SMILES string of the molecule is Cn1c(=O)n(C)c2cc(CN[C@H]3CC[C@H](NCc4cccn5ccnc45)C[C@@H]3F)ccc21. The van der Waals surface area contributed by atoms with E-state index in [-0.39, 0.29) is 17.8 Å². The first kappa shape index (κ1) is 20.9. The summed E-state index contributed by atoms with van der Waals surface area (Å²) in [5.74, 6) is 0. The molecule has 1 aliphatic carbocycles. The van der Waals surface area contributed by atoms with Crippen molar-refractivity contribution in [1.29, 1.82) is 0 Å². The normalized spacial score (nSPS) is 21.5. The van der Waals surface area contributed by atoms with Crippen molar-refractivity contribution in [2.24, 2.45) is 14.1 Å². The number of hydrogen-bond donors (Lipinski definition) is 2. The predicted octanol–water partition coefficient (Wildman–Crippen LogP) is 2.66. The Hall–Kier alpha value is -2.97. The first-order valence-electron chi connectivity index (χ1n) is 11.2. The van der Waals surface area contributed by atoms with Gasteiger partial charge in [-0.2, -0.15) is 0 Å². The van der Waals surface area contributed by atoms with Crippen LogP contribution in [0.25, 0.3) is 16.7 Å². The Kier molecular flexibility index (Phi) is 5.57. The third kappa shape index (κ3) is 3.84. The number of alkyl halides is 1. The lowest BCUT2D eigenvalue weighted by atomic mass is 9.89. The molecule has 0 spiro atoms. The number of imidazole rings is 2. The second-order valence-corrected chi connectivity index (χ2v) is 8.81. The molecule has 1 saturated carbocycles. The van der Waals surface area contributed by atoms with Gasteiger partial charge in [-0.1, -0.05) is 12.1 Å². The van der Waals surface area contributed by atoms with E-state index in [4.69, 9.17) is 0 Å². The van der Waals surface area contributed by atoms with Crippen LogP contribution < -0.4 is 16.3 Å². The fourth-order valence-corrected chi connectivity index (χ4v) is 4.84. The van der Waals surface area contributed by atoms with Crippen LogP contribution in [-0.2, 0) is 27.2 Å². The van der Waals surface area contributed by atoms with E-state index < -0.39 is 6.17 Å². The van der Waals surface area contributed by atoms with Gasteiger partial charge in [0.25, 0.3) is 0 Å². The molecule has 0 radical (unpaired) electrons. The number of halogens is 1. The van der Waals surface area contributed by atoms with Crippen LogP contribution in [0.1, 0.15) is 30.4 Å². The van der Waals surface area contributed by atoms with Gasteiger partial charge in [0.15, 0.2) is 0 Å². The average molecular weight is 437 g/mol. The molecule has 0 aliphatic heterocycles. The lowest BCUT2D eigenvalue weighted by molar-refractivity contribution is 0.160. The summed E-state index contributed by atoms with van der Waals surface area (Å²) >= 11 is 0. The van der Waals surface area contributed by atoms with Crippen molar-refractivity contribution in [3.05, 3.63) is 70.5 Å². The molecule has 0 amide bonds. The van der Waals surface area contributed by atoms with Crippen LogP contribution in [0.5, 0.6) is 0 Å². The summed E-state index contributed by atoms with van der Waals surface area (Å²) < 4.78 is 20.2. The van der Waals surface area contributed by atoms with Gasteiger partial charge in [0.1, 0.15) is 11.8 Å². The highest BCUT2D eigenvalue weighted by atomic mass is 19.1. The van der Waals surface area contributed by atoms with Gasteiger partial charge in [0.2, 0.25) is 0 Å². The van der Waals surface area contributed by atoms with Crippen LogP contribution in [0.2, 0.25) is 0 Å². The van der Waals surface area contributed by atoms with E-state index in [1.54, 1.807) is 29.4 Å². The highest BCUT2D eigenvalue weighted by molar-refractivity contribution is 5.76. The predicted molar refractivity (Wildman–Crippen MR) is 123 cm³/mol. The van der Waals surface area contributed by atoms with Crippen molar-refractivity contribution in [3.63, 3.8) is 0 Å². The Morgan fingerprint density at radius 2 is 1.91 bits per heavy atom. The van der Waals surface area contributed by atoms with Crippen molar-refractivity contribution >= 4 is 16.7 Å². The molecule has 32 heavy (non-hydrogen) atoms. The molecule has 4 aromatic rings. The third-order valence-electron chi connectivity index (χ3n) is 6.76. The first-order valence-corrected chi connectivity index (χ1v) is 11.2. The number of aryl methyl sites for hydroxylation is 2. The number of hydrogen-bond acceptors (Lipinski definition) is 4. The quantitative estimate of drug-likeness (QED) is 0.488. The Balaban J connectivity index is 1.16. The van der Waals surface area contributed by atoms with Crippen LogP contribution in [0.3, 0.4) is 0 Å². The summed E-state index contributed by atoms with van der Waals surface area (Å²) in [6.45, 7) is 1.27. The highest BCUT2D eigenvalue weighted by Crippen LogP contribution is 2.23. The monoisotopic (exact) mass is 436 g/mol. The van der Waals surface area contributed by atoms with E-state index >= 15 is 0 Å². The number of benzene rings is 1. The molecular formula is C24H29FN6O. The Labute approximate surface area is 185 Å². The van der Waals surface area contributed by atoms with Crippen LogP contribution in [0, 0.1) is 0 Å². The zero-order valence-electron chi connectivity index (χ0n) is 18.5. The van der Waals surface area contributed by atoms with Gasteiger partial charge in [0.05, 0.1) is 11.0 Å². The molecule has 1 aliphatic rings. The summed E-state index contributed by atoms with van der Waals surface area (Å²) in [6.07, 6.45) is 7.04. The first-order chi connectivity index (χ1) is 15.5. The van der Waals surface area contributed by atoms with Crippen molar-refractivity contribution < 1.29 is 4.39 Å². The van der Waals surface area contributed by atoms with Gasteiger partial charge in [-0.05, 0) is 43.0 Å². The van der Waals surface area contributed by atoms with E-state index in [1.165, 1.54) is 0 Å². The molecule has 1 aromatic carbocycles. The fraction of sp³-hybridized carbons (Fsp3) is 0.417. The van der Waals surface area contributed by atoms with Gasteiger partial charge in [-0.25, -0.2) is 14.2 Å². The van der Waals surface area contributed by atoms with Crippen LogP contribution >= 0.6 is 0 Å². The van der Waals surface area contributed by atoms with E-state index in [0.29, 0.717) is 19.5 Å². The number of rotatable bonds is 6. The minimum Gasteiger partial charge on any atom is -0.310 e. The molecule has 5 rings (SSSR count). The minimum absolute atomic E-state index is 0.0382. The number of fused-ring (bicyclic) bond motifs is 2. The number of aromatic nitrogens is 4. The maximum absolute atomic E-state index is 14.9. The lowest BCUT2D eigenvalue weighted by Crippen LogP contribution is -2.46. The zero-order valence-corrected chi connectivity index (χ0v) is 18.5. The molecule has 3 heterocycles. The summed E-state index contributed by atoms with van der Waals surface area (Å²) in [5.41, 5.74) is 4.89. The van der Waals surface area contributed by atoms with E-state index in [1.807, 2.05) is 41.1 Å². The minimum atomic E-state index is -0.895. The molecule has 8 heteroatoms. The van der Waals surface area contributed by atoms with Crippen LogP contribution in [0.4, 0.5) is 4.39 Å². The molecule has 0 saturated heterocycles. The molecule has 1 fully saturated rings. The number of nitrogens with zero attached hydrogens (tertiary/aromatic N) is 4. The molecule has 3 atom stereocenters. The molecule has 168 valence electrons. The van der Waals surface area contributed by atoms with Gasteiger partial charge in [-0.3, -0.25) is 9.13 Å². The maximum atomic E-state index is 14.9. The highest BCUT2D eigenvalue weighted by Gasteiger charge is 2.30. The molecular weight excluding hydrogens is 407 g/mol. The molecule has 0 bridgehead atoms. The van der Waals surface area contributed by atoms with E-state index in [2.05, 4.69) is 21.7 Å². The molecule has 2 N–H and O–H groups in total. The van der Waals surface area contributed by atoms with Crippen molar-refractivity contribution in [2.75, 3.05) is 0 Å². The second kappa shape index (κ2) is 8.52. The molecule has 0 unspecified atom stereocenters. The van der Waals surface area contributed by atoms with Crippen LogP contribution in [0.15, 0.2) is 53.7 Å². The largest absolute Gasteiger partial charge is 0.328 e. The Morgan fingerprint density at radius 3 is 2.75 bits per heavy atom. The smallest absolute Gasteiger partial charge is 0.310 e. The van der Waals surface area contributed by atoms with Crippen molar-refractivity contribution in [1.82, 2.24) is 29.2 Å². The Bertz CT molecular complexity index is 1310. The van der Waals surface area contributed by atoms with E-state index in [0.717, 1.165) is 40.6 Å². The van der Waals surface area contributed by atoms with Gasteiger partial charge < -0.3 is 15.0 Å². The van der Waals surface area contributed by atoms with Gasteiger partial charge >= 0.3 is 5.69 Å².